The minimum absolute atomic E-state index is 0.288. The van der Waals surface area contributed by atoms with E-state index in [0.29, 0.717) is 6.04 Å². The van der Waals surface area contributed by atoms with Crippen LogP contribution in [0.15, 0.2) is 12.1 Å². The van der Waals surface area contributed by atoms with E-state index in [2.05, 4.69) is 24.4 Å². The molecule has 1 aliphatic rings. The summed E-state index contributed by atoms with van der Waals surface area (Å²) in [6.07, 6.45) is 2.23. The Morgan fingerprint density at radius 2 is 1.95 bits per heavy atom. The molecule has 4 heteroatoms. The summed E-state index contributed by atoms with van der Waals surface area (Å²) in [7, 11) is 0. The number of aryl methyl sites for hydroxylation is 3. The number of nitrogens with one attached hydrogen (secondary N) is 1. The number of hydrogen-bond acceptors (Lipinski definition) is 3. The van der Waals surface area contributed by atoms with Crippen LogP contribution >= 0.6 is 0 Å². The van der Waals surface area contributed by atoms with E-state index < -0.39 is 6.04 Å². The third-order valence-corrected chi connectivity index (χ3v) is 3.36. The van der Waals surface area contributed by atoms with E-state index in [0.717, 1.165) is 29.7 Å². The van der Waals surface area contributed by atoms with Crippen molar-refractivity contribution in [2.75, 3.05) is 6.61 Å². The fourth-order valence-corrected chi connectivity index (χ4v) is 2.31. The van der Waals surface area contributed by atoms with Gasteiger partial charge in [-0.1, -0.05) is 17.7 Å². The molecule has 1 saturated carbocycles. The SMILES string of the molecule is Cc1cc(C)c(OCC(NC2CC2)C(N)=O)c(C)c1. The second kappa shape index (κ2) is 5.61. The van der Waals surface area contributed by atoms with Crippen LogP contribution in [-0.2, 0) is 4.79 Å². The molecule has 1 amide bonds. The first kappa shape index (κ1) is 13.9. The van der Waals surface area contributed by atoms with Crippen LogP contribution in [0.2, 0.25) is 0 Å². The van der Waals surface area contributed by atoms with Crippen molar-refractivity contribution < 1.29 is 9.53 Å². The fraction of sp³-hybridized carbons (Fsp3) is 0.533. The van der Waals surface area contributed by atoms with Gasteiger partial charge in [0.05, 0.1) is 0 Å². The quantitative estimate of drug-likeness (QED) is 0.818. The van der Waals surface area contributed by atoms with E-state index in [9.17, 15) is 4.79 Å². The number of benzene rings is 1. The zero-order chi connectivity index (χ0) is 14.0. The number of primary amides is 1. The number of ether oxygens (including phenoxy) is 1. The summed E-state index contributed by atoms with van der Waals surface area (Å²) in [4.78, 5) is 11.4. The maximum Gasteiger partial charge on any atom is 0.238 e. The predicted molar refractivity (Wildman–Crippen MR) is 75.3 cm³/mol. The van der Waals surface area contributed by atoms with Crippen molar-refractivity contribution in [1.29, 1.82) is 0 Å². The molecule has 0 aliphatic heterocycles. The van der Waals surface area contributed by atoms with Gasteiger partial charge in [-0.25, -0.2) is 0 Å². The van der Waals surface area contributed by atoms with Crippen molar-refractivity contribution in [3.8, 4) is 5.75 Å². The third-order valence-electron chi connectivity index (χ3n) is 3.36. The van der Waals surface area contributed by atoms with Gasteiger partial charge in [-0.2, -0.15) is 0 Å². The Kier molecular flexibility index (Phi) is 4.10. The summed E-state index contributed by atoms with van der Waals surface area (Å²) in [5.74, 6) is 0.503. The Balaban J connectivity index is 2.01. The molecule has 1 aliphatic carbocycles. The van der Waals surface area contributed by atoms with Crippen molar-refractivity contribution >= 4 is 5.91 Å². The Hall–Kier alpha value is -1.55. The molecule has 3 N–H and O–H groups in total. The summed E-state index contributed by atoms with van der Waals surface area (Å²) >= 11 is 0. The normalized spacial score (nSPS) is 16.2. The Labute approximate surface area is 114 Å². The molecule has 0 bridgehead atoms. The van der Waals surface area contributed by atoms with E-state index >= 15 is 0 Å². The lowest BCUT2D eigenvalue weighted by molar-refractivity contribution is -0.120. The summed E-state index contributed by atoms with van der Waals surface area (Å²) in [5, 5.41) is 3.21. The zero-order valence-electron chi connectivity index (χ0n) is 11.8. The molecule has 0 spiro atoms. The molecule has 1 aromatic carbocycles. The molecule has 1 atom stereocenters. The van der Waals surface area contributed by atoms with E-state index in [-0.39, 0.29) is 12.5 Å². The largest absolute Gasteiger partial charge is 0.491 e. The van der Waals surface area contributed by atoms with Crippen LogP contribution in [0.5, 0.6) is 5.75 Å². The average Bonchev–Trinajstić information content (AvgIpc) is 3.09. The topological polar surface area (TPSA) is 64.3 Å². The van der Waals surface area contributed by atoms with Crippen LogP contribution < -0.4 is 15.8 Å². The third kappa shape index (κ3) is 3.70. The van der Waals surface area contributed by atoms with E-state index in [1.165, 1.54) is 5.56 Å². The molecular weight excluding hydrogens is 240 g/mol. The van der Waals surface area contributed by atoms with Gasteiger partial charge in [-0.15, -0.1) is 0 Å². The molecular formula is C15H22N2O2. The van der Waals surface area contributed by atoms with Crippen molar-refractivity contribution in [2.45, 2.75) is 45.7 Å². The highest BCUT2D eigenvalue weighted by molar-refractivity contribution is 5.80. The minimum Gasteiger partial charge on any atom is -0.491 e. The van der Waals surface area contributed by atoms with Gasteiger partial charge in [0, 0.05) is 6.04 Å². The number of amides is 1. The summed E-state index contributed by atoms with van der Waals surface area (Å²) < 4.78 is 5.81. The highest BCUT2D eigenvalue weighted by Crippen LogP contribution is 2.25. The predicted octanol–water partition coefficient (Wildman–Crippen LogP) is 1.60. The number of nitrogens with two attached hydrogens (primary N) is 1. The Morgan fingerprint density at radius 3 is 2.42 bits per heavy atom. The van der Waals surface area contributed by atoms with Crippen LogP contribution in [-0.4, -0.2) is 24.6 Å². The maximum absolute atomic E-state index is 11.4. The molecule has 19 heavy (non-hydrogen) atoms. The number of rotatable bonds is 6. The highest BCUT2D eigenvalue weighted by Gasteiger charge is 2.27. The van der Waals surface area contributed by atoms with E-state index in [1.807, 2.05) is 13.8 Å². The molecule has 0 aromatic heterocycles. The van der Waals surface area contributed by atoms with Crippen molar-refractivity contribution in [1.82, 2.24) is 5.32 Å². The lowest BCUT2D eigenvalue weighted by Crippen LogP contribution is -2.46. The summed E-state index contributed by atoms with van der Waals surface area (Å²) in [6, 6.07) is 4.18. The van der Waals surface area contributed by atoms with Crippen molar-refractivity contribution in [3.63, 3.8) is 0 Å². The molecule has 0 radical (unpaired) electrons. The lowest BCUT2D eigenvalue weighted by Gasteiger charge is -2.18. The van der Waals surface area contributed by atoms with E-state index in [1.54, 1.807) is 0 Å². The van der Waals surface area contributed by atoms with Gasteiger partial charge in [0.15, 0.2) is 0 Å². The zero-order valence-corrected chi connectivity index (χ0v) is 11.8. The molecule has 1 aromatic rings. The fourth-order valence-electron chi connectivity index (χ4n) is 2.31. The maximum atomic E-state index is 11.4. The van der Waals surface area contributed by atoms with Gasteiger partial charge in [0.1, 0.15) is 18.4 Å². The monoisotopic (exact) mass is 262 g/mol. The van der Waals surface area contributed by atoms with Gasteiger partial charge in [0.25, 0.3) is 0 Å². The standard InChI is InChI=1S/C15H22N2O2/c1-9-6-10(2)14(11(3)7-9)19-8-13(15(16)18)17-12-4-5-12/h6-7,12-13,17H,4-5,8H2,1-3H3,(H2,16,18). The first-order valence-electron chi connectivity index (χ1n) is 6.73. The van der Waals surface area contributed by atoms with Gasteiger partial charge in [-0.3, -0.25) is 4.79 Å². The molecule has 1 unspecified atom stereocenters. The van der Waals surface area contributed by atoms with Gasteiger partial charge < -0.3 is 15.8 Å². The van der Waals surface area contributed by atoms with Crippen LogP contribution in [0.3, 0.4) is 0 Å². The van der Waals surface area contributed by atoms with Crippen LogP contribution in [0, 0.1) is 20.8 Å². The lowest BCUT2D eigenvalue weighted by atomic mass is 10.1. The molecule has 104 valence electrons. The van der Waals surface area contributed by atoms with Crippen LogP contribution in [0.1, 0.15) is 29.5 Å². The Bertz CT molecular complexity index is 458. The van der Waals surface area contributed by atoms with Crippen LogP contribution in [0.25, 0.3) is 0 Å². The number of hydrogen-bond donors (Lipinski definition) is 2. The van der Waals surface area contributed by atoms with Gasteiger partial charge in [-0.05, 0) is 44.7 Å². The average molecular weight is 262 g/mol. The van der Waals surface area contributed by atoms with Gasteiger partial charge in [0.2, 0.25) is 5.91 Å². The summed E-state index contributed by atoms with van der Waals surface area (Å²) in [5.41, 5.74) is 8.79. The first-order chi connectivity index (χ1) is 8.97. The molecule has 1 fully saturated rings. The molecule has 4 nitrogen and oxygen atoms in total. The highest BCUT2D eigenvalue weighted by atomic mass is 16.5. The second-order valence-electron chi connectivity index (χ2n) is 5.43. The first-order valence-corrected chi connectivity index (χ1v) is 6.73. The minimum atomic E-state index is -0.410. The van der Waals surface area contributed by atoms with Crippen molar-refractivity contribution in [2.24, 2.45) is 5.73 Å². The second-order valence-corrected chi connectivity index (χ2v) is 5.43. The van der Waals surface area contributed by atoms with Crippen LogP contribution in [0.4, 0.5) is 0 Å². The van der Waals surface area contributed by atoms with Gasteiger partial charge >= 0.3 is 0 Å². The van der Waals surface area contributed by atoms with Crippen molar-refractivity contribution in [3.05, 3.63) is 28.8 Å². The molecule has 2 rings (SSSR count). The Morgan fingerprint density at radius 1 is 1.37 bits per heavy atom. The number of carbonyl (C=O) groups excluding carboxylic acids is 1. The molecule has 0 saturated heterocycles. The smallest absolute Gasteiger partial charge is 0.238 e. The summed E-state index contributed by atoms with van der Waals surface area (Å²) in [6.45, 7) is 6.38. The molecule has 0 heterocycles. The number of carbonyl (C=O) groups is 1. The van der Waals surface area contributed by atoms with E-state index in [4.69, 9.17) is 10.5 Å².